The van der Waals surface area contributed by atoms with E-state index in [0.29, 0.717) is 17.4 Å². The number of hydrogen-bond donors (Lipinski definition) is 0. The molecule has 1 saturated carbocycles. The molecule has 0 N–H and O–H groups in total. The molecule has 0 spiro atoms. The highest BCUT2D eigenvalue weighted by Crippen LogP contribution is 2.45. The van der Waals surface area contributed by atoms with Crippen molar-refractivity contribution in [3.05, 3.63) is 29.0 Å². The van der Waals surface area contributed by atoms with Crippen LogP contribution in [0.1, 0.15) is 38.2 Å². The predicted octanol–water partition coefficient (Wildman–Crippen LogP) is 3.14. The molecular weight excluding hydrogens is 210 g/mol. The fourth-order valence-corrected chi connectivity index (χ4v) is 2.37. The van der Waals surface area contributed by atoms with E-state index >= 15 is 0 Å². The zero-order valence-corrected chi connectivity index (χ0v) is 9.55. The zero-order chi connectivity index (χ0) is 10.9. The first-order valence-corrected chi connectivity index (χ1v) is 5.72. The summed E-state index contributed by atoms with van der Waals surface area (Å²) in [6, 6.07) is 3.70. The zero-order valence-electron chi connectivity index (χ0n) is 8.79. The molecule has 1 aromatic rings. The summed E-state index contributed by atoms with van der Waals surface area (Å²) < 4.78 is 0. The van der Waals surface area contributed by atoms with Crippen LogP contribution in [0.5, 0.6) is 0 Å². The number of aromatic nitrogens is 1. The van der Waals surface area contributed by atoms with Crippen LogP contribution in [0, 0.1) is 0 Å². The van der Waals surface area contributed by atoms with Gasteiger partial charge in [0.25, 0.3) is 0 Å². The van der Waals surface area contributed by atoms with Gasteiger partial charge in [-0.05, 0) is 24.5 Å². The van der Waals surface area contributed by atoms with E-state index in [1.807, 2.05) is 13.0 Å². The first-order chi connectivity index (χ1) is 7.19. The van der Waals surface area contributed by atoms with Gasteiger partial charge in [-0.15, -0.1) is 0 Å². The molecule has 0 unspecified atom stereocenters. The maximum absolute atomic E-state index is 11.9. The van der Waals surface area contributed by atoms with Crippen LogP contribution in [0.4, 0.5) is 0 Å². The molecule has 2 nitrogen and oxygen atoms in total. The third-order valence-corrected chi connectivity index (χ3v) is 3.57. The lowest BCUT2D eigenvalue weighted by Crippen LogP contribution is -2.42. The Kier molecular flexibility index (Phi) is 2.79. The second-order valence-electron chi connectivity index (χ2n) is 4.08. The van der Waals surface area contributed by atoms with Crippen LogP contribution in [0.25, 0.3) is 0 Å². The molecule has 1 aliphatic rings. The number of carbonyl (C=O) groups excluding carboxylic acids is 1. The summed E-state index contributed by atoms with van der Waals surface area (Å²) in [4.78, 5) is 16.0. The second kappa shape index (κ2) is 3.93. The van der Waals surface area contributed by atoms with Crippen molar-refractivity contribution in [1.82, 2.24) is 4.98 Å². The lowest BCUT2D eigenvalue weighted by atomic mass is 9.62. The number of nitrogens with zero attached hydrogens (tertiary/aromatic N) is 1. The predicted molar refractivity (Wildman–Crippen MR) is 60.1 cm³/mol. The molecule has 0 radical (unpaired) electrons. The number of rotatable bonds is 3. The van der Waals surface area contributed by atoms with Crippen molar-refractivity contribution in [2.45, 2.75) is 38.0 Å². The third kappa shape index (κ3) is 1.67. The minimum absolute atomic E-state index is 0.244. The maximum Gasteiger partial charge on any atom is 0.143 e. The van der Waals surface area contributed by atoms with Gasteiger partial charge in [-0.25, -0.2) is 4.98 Å². The molecule has 0 aromatic carbocycles. The van der Waals surface area contributed by atoms with Crippen LogP contribution < -0.4 is 0 Å². The Bertz CT molecular complexity index is 368. The van der Waals surface area contributed by atoms with Gasteiger partial charge in [0.15, 0.2) is 0 Å². The van der Waals surface area contributed by atoms with Gasteiger partial charge in [0.1, 0.15) is 10.9 Å². The van der Waals surface area contributed by atoms with Gasteiger partial charge in [-0.2, -0.15) is 0 Å². The molecule has 1 aliphatic carbocycles. The molecular formula is C12H14ClNO. The van der Waals surface area contributed by atoms with Gasteiger partial charge < -0.3 is 0 Å². The average Bonchev–Trinajstić information content (AvgIpc) is 2.19. The third-order valence-electron chi connectivity index (χ3n) is 3.34. The van der Waals surface area contributed by atoms with Crippen LogP contribution in [-0.2, 0) is 10.2 Å². The fourth-order valence-electron chi connectivity index (χ4n) is 2.26. The van der Waals surface area contributed by atoms with Crippen molar-refractivity contribution in [3.8, 4) is 0 Å². The Hall–Kier alpha value is -0.890. The van der Waals surface area contributed by atoms with Gasteiger partial charge in [0.05, 0.1) is 5.41 Å². The highest BCUT2D eigenvalue weighted by Gasteiger charge is 2.44. The van der Waals surface area contributed by atoms with Crippen LogP contribution >= 0.6 is 11.6 Å². The van der Waals surface area contributed by atoms with Gasteiger partial charge in [0, 0.05) is 12.6 Å². The first-order valence-electron chi connectivity index (χ1n) is 5.34. The summed E-state index contributed by atoms with van der Waals surface area (Å²) in [5.74, 6) is 0.331. The molecule has 1 fully saturated rings. The van der Waals surface area contributed by atoms with E-state index in [1.54, 1.807) is 12.3 Å². The molecule has 1 heterocycles. The second-order valence-corrected chi connectivity index (χ2v) is 4.47. The smallest absolute Gasteiger partial charge is 0.143 e. The molecule has 3 heteroatoms. The molecule has 0 saturated heterocycles. The van der Waals surface area contributed by atoms with Crippen molar-refractivity contribution in [2.24, 2.45) is 0 Å². The first kappa shape index (κ1) is 10.6. The summed E-state index contributed by atoms with van der Waals surface area (Å²) in [6.45, 7) is 1.92. The quantitative estimate of drug-likeness (QED) is 0.737. The van der Waals surface area contributed by atoms with Crippen LogP contribution in [-0.4, -0.2) is 10.8 Å². The van der Waals surface area contributed by atoms with Crippen molar-refractivity contribution in [1.29, 1.82) is 0 Å². The van der Waals surface area contributed by atoms with Crippen molar-refractivity contribution >= 4 is 17.4 Å². The Morgan fingerprint density at radius 1 is 1.53 bits per heavy atom. The Morgan fingerprint density at radius 2 is 2.27 bits per heavy atom. The van der Waals surface area contributed by atoms with Gasteiger partial charge >= 0.3 is 0 Å². The van der Waals surface area contributed by atoms with Gasteiger partial charge in [-0.1, -0.05) is 31.0 Å². The van der Waals surface area contributed by atoms with E-state index in [2.05, 4.69) is 4.98 Å². The summed E-state index contributed by atoms with van der Waals surface area (Å²) in [7, 11) is 0. The topological polar surface area (TPSA) is 30.0 Å². The van der Waals surface area contributed by atoms with Crippen LogP contribution in [0.15, 0.2) is 18.3 Å². The lowest BCUT2D eigenvalue weighted by Gasteiger charge is -2.40. The lowest BCUT2D eigenvalue weighted by molar-refractivity contribution is -0.127. The van der Waals surface area contributed by atoms with Crippen LogP contribution in [0.3, 0.4) is 0 Å². The molecule has 0 aliphatic heterocycles. The fraction of sp³-hybridized carbons (Fsp3) is 0.500. The molecule has 2 rings (SSSR count). The number of carbonyl (C=O) groups is 1. The molecule has 80 valence electrons. The summed E-state index contributed by atoms with van der Waals surface area (Å²) >= 11 is 5.74. The maximum atomic E-state index is 11.9. The Morgan fingerprint density at radius 3 is 2.67 bits per heavy atom. The molecule has 1 aromatic heterocycles. The van der Waals surface area contributed by atoms with E-state index in [0.717, 1.165) is 24.8 Å². The standard InChI is InChI=1S/C12H14ClNO/c1-2-10(15)12(6-3-7-12)9-4-5-11(13)14-8-9/h4-5,8H,2-3,6-7H2,1H3. The molecule has 15 heavy (non-hydrogen) atoms. The summed E-state index contributed by atoms with van der Waals surface area (Å²) in [6.07, 6.45) is 5.40. The number of halogens is 1. The minimum atomic E-state index is -0.244. The SMILES string of the molecule is CCC(=O)C1(c2ccc(Cl)nc2)CCC1. The normalized spacial score (nSPS) is 18.3. The van der Waals surface area contributed by atoms with Gasteiger partial charge in [0.2, 0.25) is 0 Å². The van der Waals surface area contributed by atoms with E-state index in [4.69, 9.17) is 11.6 Å². The number of ketones is 1. The van der Waals surface area contributed by atoms with Gasteiger partial charge in [-0.3, -0.25) is 4.79 Å². The molecule has 0 atom stereocenters. The largest absolute Gasteiger partial charge is 0.299 e. The number of pyridine rings is 1. The van der Waals surface area contributed by atoms with E-state index in [1.165, 1.54) is 0 Å². The highest BCUT2D eigenvalue weighted by atomic mass is 35.5. The van der Waals surface area contributed by atoms with Crippen LogP contribution in [0.2, 0.25) is 5.15 Å². The molecule has 0 amide bonds. The number of hydrogen-bond acceptors (Lipinski definition) is 2. The van der Waals surface area contributed by atoms with Crippen molar-refractivity contribution in [3.63, 3.8) is 0 Å². The monoisotopic (exact) mass is 223 g/mol. The summed E-state index contributed by atoms with van der Waals surface area (Å²) in [5.41, 5.74) is 0.789. The van der Waals surface area contributed by atoms with E-state index in [9.17, 15) is 4.79 Å². The average molecular weight is 224 g/mol. The van der Waals surface area contributed by atoms with E-state index < -0.39 is 0 Å². The van der Waals surface area contributed by atoms with Crippen molar-refractivity contribution in [2.75, 3.05) is 0 Å². The summed E-state index contributed by atoms with van der Waals surface area (Å²) in [5, 5.41) is 0.483. The Balaban J connectivity index is 2.34. The Labute approximate surface area is 94.7 Å². The highest BCUT2D eigenvalue weighted by molar-refractivity contribution is 6.29. The number of Topliss-reactive ketones (excluding diaryl/α,β-unsaturated/α-hetero) is 1. The molecule has 0 bridgehead atoms. The minimum Gasteiger partial charge on any atom is -0.299 e. The van der Waals surface area contributed by atoms with E-state index in [-0.39, 0.29) is 5.41 Å². The van der Waals surface area contributed by atoms with Crippen molar-refractivity contribution < 1.29 is 4.79 Å².